The first-order chi connectivity index (χ1) is 17.3. The number of aromatic nitrogens is 4. The standard InChI is InChI=1S/C24H23FN6O4S/c1-2-16-6-7-21(35-36(25,33)34)19(12-16)14-28-24(32)18-4-3-5-20(13-18)27-15-22-29-23(31-30-22)17-8-10-26-11-9-17/h3-13,27H,2,14-15H2,1H3,(H,28,32)(H,29,30,31). The van der Waals surface area contributed by atoms with E-state index in [-0.39, 0.29) is 12.3 Å². The number of H-pyrrole nitrogens is 1. The zero-order chi connectivity index (χ0) is 25.5. The molecule has 0 aliphatic carbocycles. The highest BCUT2D eigenvalue weighted by atomic mass is 32.3. The minimum absolute atomic E-state index is 0.0506. The molecular weight excluding hydrogens is 487 g/mol. The maximum Gasteiger partial charge on any atom is 0.488 e. The Morgan fingerprint density at radius 3 is 2.61 bits per heavy atom. The smallest absolute Gasteiger partial charge is 0.378 e. The number of aryl methyl sites for hydroxylation is 1. The molecule has 0 bridgehead atoms. The summed E-state index contributed by atoms with van der Waals surface area (Å²) in [5.41, 5.74) is 3.15. The number of nitrogens with one attached hydrogen (secondary N) is 3. The first kappa shape index (κ1) is 24.8. The molecule has 0 fully saturated rings. The fourth-order valence-corrected chi connectivity index (χ4v) is 3.81. The van der Waals surface area contributed by atoms with Crippen molar-refractivity contribution in [1.29, 1.82) is 0 Å². The van der Waals surface area contributed by atoms with Crippen LogP contribution in [0.1, 0.15) is 34.2 Å². The summed E-state index contributed by atoms with van der Waals surface area (Å²) >= 11 is 0. The van der Waals surface area contributed by atoms with Gasteiger partial charge in [0.1, 0.15) is 11.6 Å². The van der Waals surface area contributed by atoms with E-state index in [1.54, 1.807) is 48.8 Å². The molecule has 2 heterocycles. The van der Waals surface area contributed by atoms with Gasteiger partial charge in [0, 0.05) is 41.3 Å². The maximum atomic E-state index is 13.1. The number of nitrogens with zero attached hydrogens (tertiary/aromatic N) is 3. The van der Waals surface area contributed by atoms with Crippen molar-refractivity contribution in [3.05, 3.63) is 89.5 Å². The molecule has 0 aliphatic rings. The lowest BCUT2D eigenvalue weighted by atomic mass is 10.1. The van der Waals surface area contributed by atoms with E-state index in [2.05, 4.69) is 35.0 Å². The Morgan fingerprint density at radius 1 is 1.06 bits per heavy atom. The van der Waals surface area contributed by atoms with Crippen LogP contribution >= 0.6 is 0 Å². The zero-order valence-electron chi connectivity index (χ0n) is 19.2. The van der Waals surface area contributed by atoms with E-state index in [9.17, 15) is 17.1 Å². The summed E-state index contributed by atoms with van der Waals surface area (Å²) in [6.45, 7) is 2.22. The molecule has 4 rings (SSSR count). The Bertz CT molecular complexity index is 1460. The van der Waals surface area contributed by atoms with Crippen LogP contribution in [0.15, 0.2) is 67.0 Å². The number of amides is 1. The molecule has 1 amide bonds. The highest BCUT2D eigenvalue weighted by Crippen LogP contribution is 2.23. The van der Waals surface area contributed by atoms with E-state index >= 15 is 0 Å². The Morgan fingerprint density at radius 2 is 1.86 bits per heavy atom. The third kappa shape index (κ3) is 6.63. The van der Waals surface area contributed by atoms with E-state index in [1.807, 2.05) is 19.1 Å². The summed E-state index contributed by atoms with van der Waals surface area (Å²) in [7, 11) is -5.20. The number of pyridine rings is 1. The molecule has 0 aliphatic heterocycles. The van der Waals surface area contributed by atoms with Crippen LogP contribution < -0.4 is 14.8 Å². The molecule has 186 valence electrons. The Labute approximate surface area is 207 Å². The third-order valence-electron chi connectivity index (χ3n) is 5.23. The van der Waals surface area contributed by atoms with Crippen molar-refractivity contribution in [2.45, 2.75) is 26.4 Å². The highest BCUT2D eigenvalue weighted by molar-refractivity contribution is 7.81. The largest absolute Gasteiger partial charge is 0.488 e. The molecule has 0 atom stereocenters. The SMILES string of the molecule is CCc1ccc(OS(=O)(=O)F)c(CNC(=O)c2cccc(NCc3nnc(-c4ccncc4)[nH]3)c2)c1. The number of hydrogen-bond donors (Lipinski definition) is 3. The van der Waals surface area contributed by atoms with Gasteiger partial charge >= 0.3 is 10.5 Å². The van der Waals surface area contributed by atoms with Crippen molar-refractivity contribution in [2.24, 2.45) is 0 Å². The van der Waals surface area contributed by atoms with Crippen LogP contribution in [-0.4, -0.2) is 34.5 Å². The van der Waals surface area contributed by atoms with Gasteiger partial charge in [-0.3, -0.25) is 9.78 Å². The second-order valence-electron chi connectivity index (χ2n) is 7.75. The van der Waals surface area contributed by atoms with Gasteiger partial charge in [0.25, 0.3) is 5.91 Å². The van der Waals surface area contributed by atoms with Crippen LogP contribution in [-0.2, 0) is 30.0 Å². The second kappa shape index (κ2) is 11.0. The van der Waals surface area contributed by atoms with Crippen LogP contribution in [0.5, 0.6) is 5.75 Å². The number of aromatic amines is 1. The maximum absolute atomic E-state index is 13.1. The van der Waals surface area contributed by atoms with Crippen LogP contribution in [0.2, 0.25) is 0 Å². The van der Waals surface area contributed by atoms with Crippen LogP contribution in [0.25, 0.3) is 11.4 Å². The minimum atomic E-state index is -5.20. The molecular formula is C24H23FN6O4S. The summed E-state index contributed by atoms with van der Waals surface area (Å²) < 4.78 is 39.4. The van der Waals surface area contributed by atoms with E-state index < -0.39 is 16.4 Å². The summed E-state index contributed by atoms with van der Waals surface area (Å²) in [6, 6.07) is 15.1. The predicted molar refractivity (Wildman–Crippen MR) is 131 cm³/mol. The zero-order valence-corrected chi connectivity index (χ0v) is 20.0. The number of carbonyl (C=O) groups excluding carboxylic acids is 1. The van der Waals surface area contributed by atoms with Crippen LogP contribution in [0, 0.1) is 0 Å². The number of carbonyl (C=O) groups is 1. The molecule has 0 unspecified atom stereocenters. The fraction of sp³-hybridized carbons (Fsp3) is 0.167. The molecule has 12 heteroatoms. The molecule has 0 radical (unpaired) electrons. The van der Waals surface area contributed by atoms with Crippen molar-refractivity contribution in [1.82, 2.24) is 25.5 Å². The van der Waals surface area contributed by atoms with Gasteiger partial charge < -0.3 is 19.8 Å². The third-order valence-corrected chi connectivity index (χ3v) is 5.61. The first-order valence-corrected chi connectivity index (χ1v) is 12.3. The number of halogens is 1. The van der Waals surface area contributed by atoms with Gasteiger partial charge in [-0.2, -0.15) is 8.42 Å². The van der Waals surface area contributed by atoms with Crippen molar-refractivity contribution in [2.75, 3.05) is 5.32 Å². The molecule has 0 saturated heterocycles. The molecule has 3 N–H and O–H groups in total. The van der Waals surface area contributed by atoms with Gasteiger partial charge in [-0.25, -0.2) is 0 Å². The number of rotatable bonds is 10. The van der Waals surface area contributed by atoms with Gasteiger partial charge in [0.2, 0.25) is 0 Å². The molecule has 2 aromatic heterocycles. The first-order valence-electron chi connectivity index (χ1n) is 11.0. The summed E-state index contributed by atoms with van der Waals surface area (Å²) in [4.78, 5) is 19.9. The van der Waals surface area contributed by atoms with Crippen molar-refractivity contribution < 1.29 is 21.3 Å². The molecule has 36 heavy (non-hydrogen) atoms. The lowest BCUT2D eigenvalue weighted by molar-refractivity contribution is 0.0951. The van der Waals surface area contributed by atoms with Gasteiger partial charge in [-0.15, -0.1) is 10.2 Å². The van der Waals surface area contributed by atoms with Gasteiger partial charge in [0.15, 0.2) is 5.82 Å². The van der Waals surface area contributed by atoms with E-state index in [0.717, 1.165) is 11.1 Å². The molecule has 2 aromatic carbocycles. The molecule has 0 spiro atoms. The van der Waals surface area contributed by atoms with Crippen LogP contribution in [0.4, 0.5) is 9.57 Å². The summed E-state index contributed by atoms with van der Waals surface area (Å²) in [5.74, 6) is 0.666. The Hall–Kier alpha value is -4.32. The number of anilines is 1. The topological polar surface area (TPSA) is 139 Å². The Kier molecular flexibility index (Phi) is 7.54. The van der Waals surface area contributed by atoms with Crippen molar-refractivity contribution >= 4 is 22.1 Å². The quantitative estimate of drug-likeness (QED) is 0.275. The number of hydrogen-bond acceptors (Lipinski definition) is 8. The summed E-state index contributed by atoms with van der Waals surface area (Å²) in [5, 5.41) is 14.2. The average Bonchev–Trinajstić information content (AvgIpc) is 3.36. The lowest BCUT2D eigenvalue weighted by Crippen LogP contribution is -2.23. The monoisotopic (exact) mass is 510 g/mol. The second-order valence-corrected chi connectivity index (χ2v) is 8.70. The average molecular weight is 511 g/mol. The lowest BCUT2D eigenvalue weighted by Gasteiger charge is -2.12. The van der Waals surface area contributed by atoms with Crippen LogP contribution in [0.3, 0.4) is 0 Å². The van der Waals surface area contributed by atoms with E-state index in [4.69, 9.17) is 0 Å². The van der Waals surface area contributed by atoms with Crippen molar-refractivity contribution in [3.8, 4) is 17.1 Å². The van der Waals surface area contributed by atoms with E-state index in [0.29, 0.717) is 41.4 Å². The molecule has 10 nitrogen and oxygen atoms in total. The predicted octanol–water partition coefficient (Wildman–Crippen LogP) is 3.56. The van der Waals surface area contributed by atoms with Gasteiger partial charge in [-0.1, -0.05) is 29.0 Å². The van der Waals surface area contributed by atoms with E-state index in [1.165, 1.54) is 6.07 Å². The highest BCUT2D eigenvalue weighted by Gasteiger charge is 2.15. The normalized spacial score (nSPS) is 11.2. The molecule has 0 saturated carbocycles. The van der Waals surface area contributed by atoms with Gasteiger partial charge in [0.05, 0.1) is 6.54 Å². The minimum Gasteiger partial charge on any atom is -0.378 e. The summed E-state index contributed by atoms with van der Waals surface area (Å²) in [6.07, 6.45) is 4.01. The fourth-order valence-electron chi connectivity index (χ4n) is 3.43. The Balaban J connectivity index is 1.39. The van der Waals surface area contributed by atoms with Gasteiger partial charge in [-0.05, 0) is 48.4 Å². The number of benzene rings is 2. The van der Waals surface area contributed by atoms with Crippen molar-refractivity contribution in [3.63, 3.8) is 0 Å². The molecule has 4 aromatic rings.